The Morgan fingerprint density at radius 2 is 1.72 bits per heavy atom. The fraction of sp³-hybridized carbons (Fsp3) is 0.227. The molecule has 0 saturated carbocycles. The summed E-state index contributed by atoms with van der Waals surface area (Å²) in [7, 11) is 0. The van der Waals surface area contributed by atoms with E-state index in [0.717, 1.165) is 22.4 Å². The zero-order chi connectivity index (χ0) is 20.6. The third-order valence-electron chi connectivity index (χ3n) is 4.16. The topological polar surface area (TPSA) is 73.3 Å². The number of halogens is 1. The summed E-state index contributed by atoms with van der Waals surface area (Å²) in [5.74, 6) is 0.788. The molecule has 0 aliphatic heterocycles. The summed E-state index contributed by atoms with van der Waals surface area (Å²) in [6, 6.07) is 17.0. The molecule has 0 saturated heterocycles. The molecule has 7 heteroatoms. The standard InChI is InChI=1S/C22H22ClN3O3/c1-15-12-18(13-16(2)22(15)23)29-14-20(27)24-10-11-28-21-9-8-19(25-26-21)17-6-4-3-5-7-17/h3-9,12-13H,10-11,14H2,1-2H3,(H,24,27). The highest BCUT2D eigenvalue weighted by molar-refractivity contribution is 6.32. The smallest absolute Gasteiger partial charge is 0.258 e. The van der Waals surface area contributed by atoms with Gasteiger partial charge >= 0.3 is 0 Å². The molecule has 3 aromatic rings. The number of amides is 1. The van der Waals surface area contributed by atoms with Crippen LogP contribution in [0.3, 0.4) is 0 Å². The number of carbonyl (C=O) groups excluding carboxylic acids is 1. The van der Waals surface area contributed by atoms with E-state index in [1.807, 2.05) is 62.4 Å². The largest absolute Gasteiger partial charge is 0.484 e. The molecule has 3 rings (SSSR count). The van der Waals surface area contributed by atoms with E-state index >= 15 is 0 Å². The number of aryl methyl sites for hydroxylation is 2. The van der Waals surface area contributed by atoms with Gasteiger partial charge in [-0.25, -0.2) is 0 Å². The highest BCUT2D eigenvalue weighted by Gasteiger charge is 2.07. The van der Waals surface area contributed by atoms with E-state index < -0.39 is 0 Å². The van der Waals surface area contributed by atoms with Gasteiger partial charge in [-0.2, -0.15) is 0 Å². The Bertz CT molecular complexity index is 940. The van der Waals surface area contributed by atoms with Crippen LogP contribution in [0.2, 0.25) is 5.02 Å². The molecule has 0 fully saturated rings. The minimum absolute atomic E-state index is 0.0773. The average molecular weight is 412 g/mol. The second-order valence-electron chi connectivity index (χ2n) is 6.48. The van der Waals surface area contributed by atoms with Gasteiger partial charge in [-0.15, -0.1) is 10.2 Å². The van der Waals surface area contributed by atoms with Crippen molar-refractivity contribution in [2.24, 2.45) is 0 Å². The van der Waals surface area contributed by atoms with Gasteiger partial charge < -0.3 is 14.8 Å². The van der Waals surface area contributed by atoms with E-state index in [1.165, 1.54) is 0 Å². The van der Waals surface area contributed by atoms with Crippen molar-refractivity contribution in [3.8, 4) is 22.9 Å². The van der Waals surface area contributed by atoms with Crippen molar-refractivity contribution in [1.29, 1.82) is 0 Å². The average Bonchev–Trinajstić information content (AvgIpc) is 2.74. The molecule has 150 valence electrons. The molecule has 0 atom stereocenters. The Morgan fingerprint density at radius 3 is 2.38 bits per heavy atom. The number of aromatic nitrogens is 2. The lowest BCUT2D eigenvalue weighted by molar-refractivity contribution is -0.123. The lowest BCUT2D eigenvalue weighted by Gasteiger charge is -2.10. The molecule has 0 aliphatic carbocycles. The molecule has 2 aromatic carbocycles. The summed E-state index contributed by atoms with van der Waals surface area (Å²) in [4.78, 5) is 11.9. The van der Waals surface area contributed by atoms with E-state index in [1.54, 1.807) is 6.07 Å². The Morgan fingerprint density at radius 1 is 1.00 bits per heavy atom. The summed E-state index contributed by atoms with van der Waals surface area (Å²) in [6.45, 7) is 4.34. The maximum atomic E-state index is 11.9. The minimum atomic E-state index is -0.232. The zero-order valence-electron chi connectivity index (χ0n) is 16.3. The van der Waals surface area contributed by atoms with Crippen LogP contribution in [0.5, 0.6) is 11.6 Å². The molecule has 6 nitrogen and oxygen atoms in total. The van der Waals surface area contributed by atoms with E-state index in [2.05, 4.69) is 15.5 Å². The van der Waals surface area contributed by atoms with Crippen molar-refractivity contribution in [3.05, 3.63) is 70.7 Å². The number of rotatable bonds is 8. The van der Waals surface area contributed by atoms with Crippen LogP contribution in [0, 0.1) is 13.8 Å². The predicted octanol–water partition coefficient (Wildman–Crippen LogP) is 3.99. The van der Waals surface area contributed by atoms with Crippen molar-refractivity contribution in [1.82, 2.24) is 15.5 Å². The lowest BCUT2D eigenvalue weighted by Crippen LogP contribution is -2.32. The maximum absolute atomic E-state index is 11.9. The molecular weight excluding hydrogens is 390 g/mol. The normalized spacial score (nSPS) is 10.4. The molecule has 0 aliphatic rings. The number of benzene rings is 2. The summed E-state index contributed by atoms with van der Waals surface area (Å²) in [5.41, 5.74) is 3.59. The summed E-state index contributed by atoms with van der Waals surface area (Å²) in [5, 5.41) is 11.7. The van der Waals surface area contributed by atoms with E-state index in [0.29, 0.717) is 23.2 Å². The van der Waals surface area contributed by atoms with Crippen LogP contribution in [0.25, 0.3) is 11.3 Å². The fourth-order valence-electron chi connectivity index (χ4n) is 2.70. The van der Waals surface area contributed by atoms with Crippen molar-refractivity contribution >= 4 is 17.5 Å². The first-order valence-corrected chi connectivity index (χ1v) is 9.59. The number of nitrogens with one attached hydrogen (secondary N) is 1. The Kier molecular flexibility index (Phi) is 7.03. The SMILES string of the molecule is Cc1cc(OCC(=O)NCCOc2ccc(-c3ccccc3)nn2)cc(C)c1Cl. The molecule has 1 N–H and O–H groups in total. The lowest BCUT2D eigenvalue weighted by atomic mass is 10.1. The van der Waals surface area contributed by atoms with Gasteiger partial charge in [0.25, 0.3) is 5.91 Å². The van der Waals surface area contributed by atoms with Crippen LogP contribution in [0.15, 0.2) is 54.6 Å². The quantitative estimate of drug-likeness (QED) is 0.567. The molecular formula is C22H22ClN3O3. The number of ether oxygens (including phenoxy) is 2. The van der Waals surface area contributed by atoms with Crippen molar-refractivity contribution in [2.45, 2.75) is 13.8 Å². The monoisotopic (exact) mass is 411 g/mol. The van der Waals surface area contributed by atoms with Gasteiger partial charge in [0, 0.05) is 16.7 Å². The summed E-state index contributed by atoms with van der Waals surface area (Å²) < 4.78 is 11.0. The third-order valence-corrected chi connectivity index (χ3v) is 4.76. The van der Waals surface area contributed by atoms with Gasteiger partial charge in [0.2, 0.25) is 5.88 Å². The minimum Gasteiger partial charge on any atom is -0.484 e. The number of carbonyl (C=O) groups is 1. The third kappa shape index (κ3) is 5.93. The second kappa shape index (κ2) is 9.89. The molecule has 0 unspecified atom stereocenters. The van der Waals surface area contributed by atoms with Gasteiger partial charge in [-0.1, -0.05) is 41.9 Å². The second-order valence-corrected chi connectivity index (χ2v) is 6.86. The number of nitrogens with zero attached hydrogens (tertiary/aromatic N) is 2. The van der Waals surface area contributed by atoms with Gasteiger partial charge in [-0.3, -0.25) is 4.79 Å². The van der Waals surface area contributed by atoms with Gasteiger partial charge in [0.1, 0.15) is 12.4 Å². The van der Waals surface area contributed by atoms with Gasteiger partial charge in [0.05, 0.1) is 12.2 Å². The number of hydrogen-bond acceptors (Lipinski definition) is 5. The summed E-state index contributed by atoms with van der Waals surface area (Å²) in [6.07, 6.45) is 0. The van der Waals surface area contributed by atoms with Gasteiger partial charge in [-0.05, 0) is 43.2 Å². The van der Waals surface area contributed by atoms with Crippen molar-refractivity contribution in [3.63, 3.8) is 0 Å². The molecule has 0 bridgehead atoms. The summed E-state index contributed by atoms with van der Waals surface area (Å²) >= 11 is 6.13. The first-order chi connectivity index (χ1) is 14.0. The Labute approximate surface area is 174 Å². The molecule has 1 amide bonds. The van der Waals surface area contributed by atoms with Crippen LogP contribution in [-0.4, -0.2) is 35.9 Å². The highest BCUT2D eigenvalue weighted by atomic mass is 35.5. The first kappa shape index (κ1) is 20.6. The maximum Gasteiger partial charge on any atom is 0.258 e. The predicted molar refractivity (Wildman–Crippen MR) is 112 cm³/mol. The fourth-order valence-corrected chi connectivity index (χ4v) is 2.80. The van der Waals surface area contributed by atoms with Gasteiger partial charge in [0.15, 0.2) is 6.61 Å². The van der Waals surface area contributed by atoms with Crippen LogP contribution in [0.4, 0.5) is 0 Å². The van der Waals surface area contributed by atoms with Crippen LogP contribution >= 0.6 is 11.6 Å². The Balaban J connectivity index is 1.38. The van der Waals surface area contributed by atoms with E-state index in [9.17, 15) is 4.79 Å². The molecule has 29 heavy (non-hydrogen) atoms. The molecule has 0 radical (unpaired) electrons. The van der Waals surface area contributed by atoms with Crippen LogP contribution in [-0.2, 0) is 4.79 Å². The molecule has 1 aromatic heterocycles. The highest BCUT2D eigenvalue weighted by Crippen LogP contribution is 2.25. The first-order valence-electron chi connectivity index (χ1n) is 9.21. The van der Waals surface area contributed by atoms with E-state index in [4.69, 9.17) is 21.1 Å². The van der Waals surface area contributed by atoms with Crippen LogP contribution in [0.1, 0.15) is 11.1 Å². The Hall–Kier alpha value is -3.12. The zero-order valence-corrected chi connectivity index (χ0v) is 17.1. The van der Waals surface area contributed by atoms with Crippen LogP contribution < -0.4 is 14.8 Å². The number of hydrogen-bond donors (Lipinski definition) is 1. The van der Waals surface area contributed by atoms with Crippen molar-refractivity contribution in [2.75, 3.05) is 19.8 Å². The molecule has 1 heterocycles. The van der Waals surface area contributed by atoms with E-state index in [-0.39, 0.29) is 19.1 Å². The molecule has 0 spiro atoms. The van der Waals surface area contributed by atoms with Crippen molar-refractivity contribution < 1.29 is 14.3 Å².